The number of ether oxygens (including phenoxy) is 1. The van der Waals surface area contributed by atoms with Gasteiger partial charge in [-0.3, -0.25) is 4.79 Å². The third-order valence-electron chi connectivity index (χ3n) is 3.47. The van der Waals surface area contributed by atoms with Crippen LogP contribution in [0.2, 0.25) is 0 Å². The van der Waals surface area contributed by atoms with E-state index in [4.69, 9.17) is 4.74 Å². The minimum absolute atomic E-state index is 0.117. The van der Waals surface area contributed by atoms with Crippen molar-refractivity contribution < 1.29 is 13.9 Å². The molecule has 0 saturated carbocycles. The van der Waals surface area contributed by atoms with Crippen molar-refractivity contribution in [1.82, 2.24) is 0 Å². The first kappa shape index (κ1) is 13.0. The van der Waals surface area contributed by atoms with Crippen LogP contribution < -0.4 is 4.90 Å². The normalized spacial score (nSPS) is 16.6. The molecule has 1 aliphatic rings. The SMILES string of the molecule is CC(=O)c1ccc(N(C)C2CCOCC2)c(F)c1. The zero-order chi connectivity index (χ0) is 13.1. The van der Waals surface area contributed by atoms with Crippen LogP contribution in [0.1, 0.15) is 30.1 Å². The molecule has 0 bridgehead atoms. The van der Waals surface area contributed by atoms with Crippen LogP contribution in [0.3, 0.4) is 0 Å². The minimum Gasteiger partial charge on any atom is -0.381 e. The lowest BCUT2D eigenvalue weighted by molar-refractivity contribution is 0.0853. The predicted octanol–water partition coefficient (Wildman–Crippen LogP) is 2.64. The topological polar surface area (TPSA) is 29.5 Å². The van der Waals surface area contributed by atoms with Crippen LogP contribution in [-0.4, -0.2) is 32.1 Å². The molecule has 0 N–H and O–H groups in total. The van der Waals surface area contributed by atoms with E-state index in [9.17, 15) is 9.18 Å². The number of carbonyl (C=O) groups is 1. The quantitative estimate of drug-likeness (QED) is 0.773. The Labute approximate surface area is 107 Å². The van der Waals surface area contributed by atoms with Crippen LogP contribution in [0.5, 0.6) is 0 Å². The lowest BCUT2D eigenvalue weighted by Crippen LogP contribution is -2.37. The predicted molar refractivity (Wildman–Crippen MR) is 68.6 cm³/mol. The average Bonchev–Trinajstić information content (AvgIpc) is 2.38. The van der Waals surface area contributed by atoms with Crippen LogP contribution in [-0.2, 0) is 4.74 Å². The van der Waals surface area contributed by atoms with Gasteiger partial charge in [0.25, 0.3) is 0 Å². The second-order valence-electron chi connectivity index (χ2n) is 4.68. The summed E-state index contributed by atoms with van der Waals surface area (Å²) in [6.45, 7) is 2.89. The number of rotatable bonds is 3. The van der Waals surface area contributed by atoms with E-state index in [1.54, 1.807) is 12.1 Å². The first-order valence-corrected chi connectivity index (χ1v) is 6.20. The highest BCUT2D eigenvalue weighted by Crippen LogP contribution is 2.25. The summed E-state index contributed by atoms with van der Waals surface area (Å²) in [7, 11) is 1.89. The molecule has 4 heteroatoms. The van der Waals surface area contributed by atoms with Crippen molar-refractivity contribution in [2.75, 3.05) is 25.2 Å². The van der Waals surface area contributed by atoms with Crippen molar-refractivity contribution in [3.05, 3.63) is 29.6 Å². The Bertz CT molecular complexity index is 441. The first-order chi connectivity index (χ1) is 8.59. The fourth-order valence-electron chi connectivity index (χ4n) is 2.28. The molecule has 0 spiro atoms. The number of ketones is 1. The number of hydrogen-bond acceptors (Lipinski definition) is 3. The van der Waals surface area contributed by atoms with Crippen molar-refractivity contribution in [2.45, 2.75) is 25.8 Å². The molecule has 1 saturated heterocycles. The van der Waals surface area contributed by atoms with Crippen LogP contribution in [0.25, 0.3) is 0 Å². The van der Waals surface area contributed by atoms with Crippen LogP contribution in [0, 0.1) is 5.82 Å². The molecule has 3 nitrogen and oxygen atoms in total. The lowest BCUT2D eigenvalue weighted by Gasteiger charge is -2.33. The van der Waals surface area contributed by atoms with Gasteiger partial charge in [-0.1, -0.05) is 0 Å². The van der Waals surface area contributed by atoms with E-state index in [0.717, 1.165) is 26.1 Å². The number of halogens is 1. The third-order valence-corrected chi connectivity index (χ3v) is 3.47. The van der Waals surface area contributed by atoms with Crippen molar-refractivity contribution in [3.8, 4) is 0 Å². The second-order valence-corrected chi connectivity index (χ2v) is 4.68. The van der Waals surface area contributed by atoms with Crippen molar-refractivity contribution in [2.24, 2.45) is 0 Å². The summed E-state index contributed by atoms with van der Waals surface area (Å²) in [5.41, 5.74) is 0.962. The molecule has 1 aromatic carbocycles. The van der Waals surface area contributed by atoms with E-state index in [2.05, 4.69) is 0 Å². The molecule has 1 aliphatic heterocycles. The van der Waals surface area contributed by atoms with Gasteiger partial charge in [0.1, 0.15) is 5.82 Å². The van der Waals surface area contributed by atoms with Crippen molar-refractivity contribution in [3.63, 3.8) is 0 Å². The number of benzene rings is 1. The monoisotopic (exact) mass is 251 g/mol. The molecule has 0 atom stereocenters. The van der Waals surface area contributed by atoms with Gasteiger partial charge in [0.2, 0.25) is 0 Å². The van der Waals surface area contributed by atoms with Crippen LogP contribution >= 0.6 is 0 Å². The molecule has 2 rings (SSSR count). The van der Waals surface area contributed by atoms with Crippen molar-refractivity contribution >= 4 is 11.5 Å². The maximum Gasteiger partial charge on any atom is 0.159 e. The van der Waals surface area contributed by atoms with E-state index < -0.39 is 0 Å². The number of anilines is 1. The average molecular weight is 251 g/mol. The van der Waals surface area contributed by atoms with E-state index >= 15 is 0 Å². The zero-order valence-corrected chi connectivity index (χ0v) is 10.8. The molecule has 0 aromatic heterocycles. The van der Waals surface area contributed by atoms with Gasteiger partial charge < -0.3 is 9.64 Å². The van der Waals surface area contributed by atoms with Gasteiger partial charge in [-0.25, -0.2) is 4.39 Å². The molecule has 1 aromatic rings. The summed E-state index contributed by atoms with van der Waals surface area (Å²) >= 11 is 0. The fourth-order valence-corrected chi connectivity index (χ4v) is 2.28. The van der Waals surface area contributed by atoms with Gasteiger partial charge in [-0.2, -0.15) is 0 Å². The van der Waals surface area contributed by atoms with E-state index in [1.807, 2.05) is 11.9 Å². The van der Waals surface area contributed by atoms with Gasteiger partial charge in [0.15, 0.2) is 5.78 Å². The summed E-state index contributed by atoms with van der Waals surface area (Å²) in [6.07, 6.45) is 1.81. The Balaban J connectivity index is 2.19. The van der Waals surface area contributed by atoms with E-state index in [-0.39, 0.29) is 11.6 Å². The third kappa shape index (κ3) is 2.70. The highest BCUT2D eigenvalue weighted by Gasteiger charge is 2.21. The van der Waals surface area contributed by atoms with E-state index in [0.29, 0.717) is 17.3 Å². The smallest absolute Gasteiger partial charge is 0.159 e. The summed E-state index contributed by atoms with van der Waals surface area (Å²) in [5.74, 6) is -0.453. The Kier molecular flexibility index (Phi) is 3.97. The Morgan fingerprint density at radius 2 is 2.06 bits per heavy atom. The van der Waals surface area contributed by atoms with Crippen molar-refractivity contribution in [1.29, 1.82) is 0 Å². The first-order valence-electron chi connectivity index (χ1n) is 6.20. The van der Waals surface area contributed by atoms with Gasteiger partial charge in [0, 0.05) is 31.9 Å². The van der Waals surface area contributed by atoms with Gasteiger partial charge in [-0.15, -0.1) is 0 Å². The molecular formula is C14H18FNO2. The summed E-state index contributed by atoms with van der Waals surface area (Å²) in [5, 5.41) is 0. The molecule has 0 amide bonds. The molecule has 18 heavy (non-hydrogen) atoms. The number of Topliss-reactive ketones (excluding diaryl/α,β-unsaturated/α-hetero) is 1. The number of hydrogen-bond donors (Lipinski definition) is 0. The maximum absolute atomic E-state index is 14.0. The molecule has 1 heterocycles. The molecule has 0 unspecified atom stereocenters. The largest absolute Gasteiger partial charge is 0.381 e. The molecule has 98 valence electrons. The fraction of sp³-hybridized carbons (Fsp3) is 0.500. The van der Waals surface area contributed by atoms with Crippen LogP contribution in [0.4, 0.5) is 10.1 Å². The molecule has 1 fully saturated rings. The second kappa shape index (κ2) is 5.48. The van der Waals surface area contributed by atoms with E-state index in [1.165, 1.54) is 13.0 Å². The summed E-state index contributed by atoms with van der Waals surface area (Å²) in [6, 6.07) is 4.97. The highest BCUT2D eigenvalue weighted by atomic mass is 19.1. The number of nitrogens with zero attached hydrogens (tertiary/aromatic N) is 1. The minimum atomic E-state index is -0.336. The standard InChI is InChI=1S/C14H18FNO2/c1-10(17)11-3-4-14(13(15)9-11)16(2)12-5-7-18-8-6-12/h3-4,9,12H,5-8H2,1-2H3. The summed E-state index contributed by atoms with van der Waals surface area (Å²) < 4.78 is 19.3. The Morgan fingerprint density at radius 3 is 2.61 bits per heavy atom. The van der Waals surface area contributed by atoms with Gasteiger partial charge in [-0.05, 0) is 38.0 Å². The Hall–Kier alpha value is -1.42. The lowest BCUT2D eigenvalue weighted by atomic mass is 10.1. The number of carbonyl (C=O) groups excluding carboxylic acids is 1. The van der Waals surface area contributed by atoms with Crippen LogP contribution in [0.15, 0.2) is 18.2 Å². The molecule has 0 aliphatic carbocycles. The Morgan fingerprint density at radius 1 is 1.39 bits per heavy atom. The van der Waals surface area contributed by atoms with Gasteiger partial charge in [0.05, 0.1) is 5.69 Å². The molecule has 0 radical (unpaired) electrons. The molecular weight excluding hydrogens is 233 g/mol. The summed E-state index contributed by atoms with van der Waals surface area (Å²) in [4.78, 5) is 13.1. The maximum atomic E-state index is 14.0. The van der Waals surface area contributed by atoms with Gasteiger partial charge >= 0.3 is 0 Å². The zero-order valence-electron chi connectivity index (χ0n) is 10.8. The highest BCUT2D eigenvalue weighted by molar-refractivity contribution is 5.94.